The molecule has 0 amide bonds. The van der Waals surface area contributed by atoms with Crippen molar-refractivity contribution in [3.8, 4) is 39.5 Å². The third kappa shape index (κ3) is 4.30. The molecule has 1 aliphatic rings. The second-order valence-corrected chi connectivity index (χ2v) is 7.79. The van der Waals surface area contributed by atoms with Crippen LogP contribution in [0, 0.1) is 5.82 Å². The Labute approximate surface area is 181 Å². The standard InChI is InChI=1S/C25H27FN2O3/c1-30-23-7-6-17(13-22(23)29)25-21(16-4-3-5-18(26)12-16)14-20(15-24(25)31-2)28-10-8-19(27)9-11-28/h3-7,12-15,19,29H,8-11,27H2,1-2H3. The van der Waals surface area contributed by atoms with Crippen molar-refractivity contribution in [2.24, 2.45) is 5.73 Å². The fourth-order valence-electron chi connectivity index (χ4n) is 4.13. The van der Waals surface area contributed by atoms with Crippen LogP contribution in [0.1, 0.15) is 12.8 Å². The fraction of sp³-hybridized carbons (Fsp3) is 0.280. The molecule has 3 aromatic carbocycles. The molecule has 1 aliphatic heterocycles. The molecule has 1 fully saturated rings. The van der Waals surface area contributed by atoms with Crippen LogP contribution in [0.15, 0.2) is 54.6 Å². The Morgan fingerprint density at radius 1 is 0.935 bits per heavy atom. The van der Waals surface area contributed by atoms with E-state index in [1.54, 1.807) is 25.3 Å². The van der Waals surface area contributed by atoms with Gasteiger partial charge < -0.3 is 25.2 Å². The van der Waals surface area contributed by atoms with Crippen molar-refractivity contribution >= 4 is 5.69 Å². The van der Waals surface area contributed by atoms with Gasteiger partial charge in [-0.2, -0.15) is 0 Å². The summed E-state index contributed by atoms with van der Waals surface area (Å²) in [4.78, 5) is 2.28. The van der Waals surface area contributed by atoms with Crippen LogP contribution >= 0.6 is 0 Å². The number of phenolic OH excluding ortho intramolecular Hbond substituents is 1. The van der Waals surface area contributed by atoms with E-state index in [9.17, 15) is 9.50 Å². The number of hydrogen-bond donors (Lipinski definition) is 2. The number of anilines is 1. The number of nitrogens with zero attached hydrogens (tertiary/aromatic N) is 1. The SMILES string of the molecule is COc1ccc(-c2c(OC)cc(N3CCC(N)CC3)cc2-c2cccc(F)c2)cc1O. The minimum atomic E-state index is -0.311. The maximum absolute atomic E-state index is 14.1. The Morgan fingerprint density at radius 2 is 1.68 bits per heavy atom. The molecular formula is C25H27FN2O3. The van der Waals surface area contributed by atoms with E-state index in [2.05, 4.69) is 11.0 Å². The minimum Gasteiger partial charge on any atom is -0.504 e. The zero-order valence-corrected chi connectivity index (χ0v) is 17.8. The average Bonchev–Trinajstić information content (AvgIpc) is 2.78. The minimum absolute atomic E-state index is 0.0290. The first-order chi connectivity index (χ1) is 15.0. The molecule has 0 bridgehead atoms. The van der Waals surface area contributed by atoms with Gasteiger partial charge in [-0.15, -0.1) is 0 Å². The number of nitrogens with two attached hydrogens (primary N) is 1. The lowest BCUT2D eigenvalue weighted by atomic mass is 9.92. The van der Waals surface area contributed by atoms with Crippen molar-refractivity contribution in [3.05, 3.63) is 60.4 Å². The third-order valence-corrected chi connectivity index (χ3v) is 5.81. The largest absolute Gasteiger partial charge is 0.504 e. The number of benzene rings is 3. The van der Waals surface area contributed by atoms with E-state index < -0.39 is 0 Å². The molecule has 4 rings (SSSR count). The average molecular weight is 423 g/mol. The highest BCUT2D eigenvalue weighted by atomic mass is 19.1. The maximum atomic E-state index is 14.1. The van der Waals surface area contributed by atoms with Crippen LogP contribution in [0.3, 0.4) is 0 Å². The predicted molar refractivity (Wildman–Crippen MR) is 121 cm³/mol. The summed E-state index contributed by atoms with van der Waals surface area (Å²) in [5, 5.41) is 10.4. The third-order valence-electron chi connectivity index (χ3n) is 5.81. The molecule has 1 saturated heterocycles. The van der Waals surface area contributed by atoms with Crippen LogP contribution < -0.4 is 20.1 Å². The summed E-state index contributed by atoms with van der Waals surface area (Å²) in [5.41, 5.74) is 10.2. The molecular weight excluding hydrogens is 395 g/mol. The van der Waals surface area contributed by atoms with Gasteiger partial charge in [0.1, 0.15) is 11.6 Å². The first-order valence-electron chi connectivity index (χ1n) is 10.4. The van der Waals surface area contributed by atoms with E-state index in [-0.39, 0.29) is 17.6 Å². The maximum Gasteiger partial charge on any atom is 0.160 e. The number of piperidine rings is 1. The number of hydrogen-bond acceptors (Lipinski definition) is 5. The van der Waals surface area contributed by atoms with Crippen molar-refractivity contribution in [2.45, 2.75) is 18.9 Å². The molecule has 162 valence electrons. The molecule has 0 unspecified atom stereocenters. The smallest absolute Gasteiger partial charge is 0.160 e. The van der Waals surface area contributed by atoms with Crippen LogP contribution in [-0.2, 0) is 0 Å². The molecule has 6 heteroatoms. The zero-order valence-electron chi connectivity index (χ0n) is 17.8. The first kappa shape index (κ1) is 21.0. The fourth-order valence-corrected chi connectivity index (χ4v) is 4.13. The molecule has 0 atom stereocenters. The van der Waals surface area contributed by atoms with Crippen molar-refractivity contribution < 1.29 is 19.0 Å². The van der Waals surface area contributed by atoms with Gasteiger partial charge >= 0.3 is 0 Å². The lowest BCUT2D eigenvalue weighted by Gasteiger charge is -2.33. The van der Waals surface area contributed by atoms with Gasteiger partial charge in [-0.3, -0.25) is 0 Å². The zero-order chi connectivity index (χ0) is 22.0. The Balaban J connectivity index is 1.91. The molecule has 0 spiro atoms. The molecule has 3 N–H and O–H groups in total. The van der Waals surface area contributed by atoms with Crippen LogP contribution in [0.4, 0.5) is 10.1 Å². The van der Waals surface area contributed by atoms with Gasteiger partial charge in [-0.25, -0.2) is 4.39 Å². The van der Waals surface area contributed by atoms with E-state index >= 15 is 0 Å². The summed E-state index contributed by atoms with van der Waals surface area (Å²) in [7, 11) is 3.13. The van der Waals surface area contributed by atoms with Crippen molar-refractivity contribution in [1.29, 1.82) is 0 Å². The van der Waals surface area contributed by atoms with Crippen molar-refractivity contribution in [1.82, 2.24) is 0 Å². The molecule has 0 saturated carbocycles. The van der Waals surface area contributed by atoms with Gasteiger partial charge in [-0.1, -0.05) is 18.2 Å². The van der Waals surface area contributed by atoms with Gasteiger partial charge in [0.15, 0.2) is 11.5 Å². The molecule has 31 heavy (non-hydrogen) atoms. The van der Waals surface area contributed by atoms with Gasteiger partial charge in [0.25, 0.3) is 0 Å². The summed E-state index contributed by atoms with van der Waals surface area (Å²) in [6.45, 7) is 1.71. The molecule has 0 aromatic heterocycles. The number of methoxy groups -OCH3 is 2. The number of phenols is 1. The first-order valence-corrected chi connectivity index (χ1v) is 10.4. The number of ether oxygens (including phenoxy) is 2. The highest BCUT2D eigenvalue weighted by Crippen LogP contribution is 2.44. The second kappa shape index (κ2) is 8.86. The van der Waals surface area contributed by atoms with Crippen molar-refractivity contribution in [3.63, 3.8) is 0 Å². The molecule has 0 aliphatic carbocycles. The molecule has 1 heterocycles. The number of halogens is 1. The summed E-state index contributed by atoms with van der Waals surface area (Å²) < 4.78 is 25.1. The second-order valence-electron chi connectivity index (χ2n) is 7.79. The molecule has 3 aromatic rings. The van der Waals surface area contributed by atoms with Crippen LogP contribution in [0.25, 0.3) is 22.3 Å². The Morgan fingerprint density at radius 3 is 2.32 bits per heavy atom. The molecule has 5 nitrogen and oxygen atoms in total. The summed E-state index contributed by atoms with van der Waals surface area (Å²) in [5.74, 6) is 0.753. The number of aromatic hydroxyl groups is 1. The summed E-state index contributed by atoms with van der Waals surface area (Å²) >= 11 is 0. The lowest BCUT2D eigenvalue weighted by Crippen LogP contribution is -2.39. The monoisotopic (exact) mass is 422 g/mol. The van der Waals surface area contributed by atoms with E-state index in [0.717, 1.165) is 53.9 Å². The van der Waals surface area contributed by atoms with Gasteiger partial charge in [0.05, 0.1) is 14.2 Å². The highest BCUT2D eigenvalue weighted by Gasteiger charge is 2.22. The van der Waals surface area contributed by atoms with Gasteiger partial charge in [0.2, 0.25) is 0 Å². The Kier molecular flexibility index (Phi) is 6.00. The Bertz CT molecular complexity index is 1080. The van der Waals surface area contributed by atoms with E-state index in [4.69, 9.17) is 15.2 Å². The normalized spacial score (nSPS) is 14.5. The van der Waals surface area contributed by atoms with Crippen LogP contribution in [0.5, 0.6) is 17.2 Å². The van der Waals surface area contributed by atoms with E-state index in [1.165, 1.54) is 19.2 Å². The summed E-state index contributed by atoms with van der Waals surface area (Å²) in [6, 6.07) is 16.0. The van der Waals surface area contributed by atoms with Crippen LogP contribution in [-0.4, -0.2) is 38.5 Å². The lowest BCUT2D eigenvalue weighted by molar-refractivity contribution is 0.373. The summed E-state index contributed by atoms with van der Waals surface area (Å²) in [6.07, 6.45) is 1.84. The highest BCUT2D eigenvalue weighted by molar-refractivity contribution is 5.91. The predicted octanol–water partition coefficient (Wildman–Crippen LogP) is 4.81. The molecule has 0 radical (unpaired) electrons. The Hall–Kier alpha value is -3.25. The van der Waals surface area contributed by atoms with E-state index in [0.29, 0.717) is 11.5 Å². The van der Waals surface area contributed by atoms with Gasteiger partial charge in [-0.05, 0) is 59.9 Å². The number of rotatable bonds is 5. The van der Waals surface area contributed by atoms with Crippen molar-refractivity contribution in [2.75, 3.05) is 32.2 Å². The van der Waals surface area contributed by atoms with Gasteiger partial charge in [0, 0.05) is 36.4 Å². The van der Waals surface area contributed by atoms with E-state index in [1.807, 2.05) is 18.2 Å². The topological polar surface area (TPSA) is 68.0 Å². The quantitative estimate of drug-likeness (QED) is 0.618. The van der Waals surface area contributed by atoms with Crippen LogP contribution in [0.2, 0.25) is 0 Å².